The zero-order chi connectivity index (χ0) is 25.3. The van der Waals surface area contributed by atoms with Crippen LogP contribution >= 0.6 is 0 Å². The molecule has 3 rings (SSSR count). The minimum absolute atomic E-state index is 0.741. The summed E-state index contributed by atoms with van der Waals surface area (Å²) >= 11 is 0. The monoisotopic (exact) mass is 504 g/mol. The SMILES string of the molecule is OCC1O[C@H](O[C@H]2C(CO)O[C@@H](O[C@@H]3C(CO)O[C@@H](O)C(O)[C@H]3O)C(O)[C@H]2O)C(O)[C@@H](O)[C@@H]1O. The van der Waals surface area contributed by atoms with Gasteiger partial charge in [0.05, 0.1) is 19.8 Å². The highest BCUT2D eigenvalue weighted by Gasteiger charge is 2.53. The molecule has 16 heteroatoms. The van der Waals surface area contributed by atoms with E-state index < -0.39 is 112 Å². The topological polar surface area (TPSA) is 269 Å². The first-order chi connectivity index (χ1) is 16.0. The molecule has 3 aliphatic heterocycles. The van der Waals surface area contributed by atoms with Crippen molar-refractivity contribution >= 4 is 0 Å². The minimum atomic E-state index is -1.91. The van der Waals surface area contributed by atoms with Crippen molar-refractivity contribution in [2.45, 2.75) is 92.1 Å². The average molecular weight is 504 g/mol. The van der Waals surface area contributed by atoms with E-state index in [4.69, 9.17) is 23.7 Å². The summed E-state index contributed by atoms with van der Waals surface area (Å²) in [5.74, 6) is 0. The fourth-order valence-electron chi connectivity index (χ4n) is 4.06. The molecule has 34 heavy (non-hydrogen) atoms. The first-order valence-electron chi connectivity index (χ1n) is 10.6. The lowest BCUT2D eigenvalue weighted by Crippen LogP contribution is -2.66. The maximum absolute atomic E-state index is 10.6. The van der Waals surface area contributed by atoms with Crippen molar-refractivity contribution in [3.8, 4) is 0 Å². The van der Waals surface area contributed by atoms with Gasteiger partial charge in [0, 0.05) is 0 Å². The molecule has 0 amide bonds. The van der Waals surface area contributed by atoms with E-state index in [-0.39, 0.29) is 0 Å². The van der Waals surface area contributed by atoms with Gasteiger partial charge in [0.1, 0.15) is 73.2 Å². The molecule has 0 bridgehead atoms. The van der Waals surface area contributed by atoms with Crippen LogP contribution in [0.2, 0.25) is 0 Å². The Morgan fingerprint density at radius 3 is 1.35 bits per heavy atom. The van der Waals surface area contributed by atoms with Crippen LogP contribution in [0.3, 0.4) is 0 Å². The molecule has 11 N–H and O–H groups in total. The standard InChI is InChI=1S/C18H32O16/c19-1-4-7(22)8(23)12(27)17(31-4)34-15-6(3-21)32-18(13(28)10(15)25)33-14-5(2-20)30-16(29)11(26)9(14)24/h4-29H,1-3H2/t4?,5?,6?,7-,8+,9-,10-,11?,12?,13?,14-,15+,16-,17-,18+/m1/s1. The van der Waals surface area contributed by atoms with Crippen molar-refractivity contribution < 1.29 is 79.9 Å². The van der Waals surface area contributed by atoms with Gasteiger partial charge >= 0.3 is 0 Å². The van der Waals surface area contributed by atoms with Gasteiger partial charge in [0.15, 0.2) is 18.9 Å². The molecule has 0 aliphatic carbocycles. The number of rotatable bonds is 7. The first-order valence-corrected chi connectivity index (χ1v) is 10.6. The van der Waals surface area contributed by atoms with Crippen molar-refractivity contribution in [3.05, 3.63) is 0 Å². The van der Waals surface area contributed by atoms with Gasteiger partial charge in [-0.25, -0.2) is 0 Å². The second-order valence-electron chi connectivity index (χ2n) is 8.33. The molecule has 16 nitrogen and oxygen atoms in total. The molecule has 200 valence electrons. The second kappa shape index (κ2) is 11.6. The van der Waals surface area contributed by atoms with E-state index in [1.54, 1.807) is 0 Å². The van der Waals surface area contributed by atoms with Crippen molar-refractivity contribution in [1.29, 1.82) is 0 Å². The molecule has 3 heterocycles. The Hall–Kier alpha value is -0.640. The predicted molar refractivity (Wildman–Crippen MR) is 101 cm³/mol. The zero-order valence-corrected chi connectivity index (χ0v) is 17.7. The van der Waals surface area contributed by atoms with Crippen molar-refractivity contribution in [3.63, 3.8) is 0 Å². The zero-order valence-electron chi connectivity index (χ0n) is 17.7. The summed E-state index contributed by atoms with van der Waals surface area (Å²) in [6.07, 6.45) is -25.1. The van der Waals surface area contributed by atoms with Crippen LogP contribution in [0, 0.1) is 0 Å². The van der Waals surface area contributed by atoms with Gasteiger partial charge in [0.2, 0.25) is 0 Å². The number of hydrogen-bond acceptors (Lipinski definition) is 16. The van der Waals surface area contributed by atoms with Crippen LogP contribution in [0.25, 0.3) is 0 Å². The Labute approximate surface area is 192 Å². The van der Waals surface area contributed by atoms with E-state index >= 15 is 0 Å². The van der Waals surface area contributed by atoms with Crippen molar-refractivity contribution in [2.24, 2.45) is 0 Å². The second-order valence-corrected chi connectivity index (χ2v) is 8.33. The molecule has 3 fully saturated rings. The lowest BCUT2D eigenvalue weighted by atomic mass is 9.96. The van der Waals surface area contributed by atoms with E-state index in [0.29, 0.717) is 0 Å². The average Bonchev–Trinajstić information content (AvgIpc) is 2.83. The molecular formula is C18H32O16. The predicted octanol–water partition coefficient (Wildman–Crippen LogP) is -7.57. The van der Waals surface area contributed by atoms with Gasteiger partial charge in [-0.15, -0.1) is 0 Å². The van der Waals surface area contributed by atoms with Gasteiger partial charge in [-0.2, -0.15) is 0 Å². The molecule has 3 saturated heterocycles. The van der Waals surface area contributed by atoms with Crippen LogP contribution in [-0.2, 0) is 23.7 Å². The highest BCUT2D eigenvalue weighted by molar-refractivity contribution is 4.96. The van der Waals surface area contributed by atoms with Gasteiger partial charge in [-0.3, -0.25) is 0 Å². The Balaban J connectivity index is 1.72. The Morgan fingerprint density at radius 1 is 0.441 bits per heavy atom. The number of hydrogen-bond donors (Lipinski definition) is 11. The number of aliphatic hydroxyl groups excluding tert-OH is 11. The first kappa shape index (κ1) is 27.9. The van der Waals surface area contributed by atoms with Crippen LogP contribution in [0.15, 0.2) is 0 Å². The smallest absolute Gasteiger partial charge is 0.187 e. The summed E-state index contributed by atoms with van der Waals surface area (Å²) < 4.78 is 26.4. The molecular weight excluding hydrogens is 472 g/mol. The van der Waals surface area contributed by atoms with E-state index in [1.807, 2.05) is 0 Å². The molecule has 3 aliphatic rings. The van der Waals surface area contributed by atoms with Crippen LogP contribution in [0.5, 0.6) is 0 Å². The third-order valence-corrected chi connectivity index (χ3v) is 6.09. The molecule has 0 aromatic rings. The van der Waals surface area contributed by atoms with Gasteiger partial charge in [-0.05, 0) is 0 Å². The van der Waals surface area contributed by atoms with Crippen LogP contribution in [0.4, 0.5) is 0 Å². The summed E-state index contributed by atoms with van der Waals surface area (Å²) in [6.45, 7) is -2.32. The largest absolute Gasteiger partial charge is 0.394 e. The molecule has 0 spiro atoms. The maximum Gasteiger partial charge on any atom is 0.187 e. The summed E-state index contributed by atoms with van der Waals surface area (Å²) in [7, 11) is 0. The number of aliphatic hydroxyl groups is 11. The van der Waals surface area contributed by atoms with Crippen LogP contribution in [0.1, 0.15) is 0 Å². The lowest BCUT2D eigenvalue weighted by Gasteiger charge is -2.47. The minimum Gasteiger partial charge on any atom is -0.394 e. The summed E-state index contributed by atoms with van der Waals surface area (Å²) in [5.41, 5.74) is 0. The van der Waals surface area contributed by atoms with Crippen molar-refractivity contribution in [1.82, 2.24) is 0 Å². The third-order valence-electron chi connectivity index (χ3n) is 6.09. The van der Waals surface area contributed by atoms with E-state index in [9.17, 15) is 56.2 Å². The maximum atomic E-state index is 10.6. The Morgan fingerprint density at radius 2 is 0.853 bits per heavy atom. The lowest BCUT2D eigenvalue weighted by molar-refractivity contribution is -0.377. The summed E-state index contributed by atoms with van der Waals surface area (Å²) in [6, 6.07) is 0. The molecule has 0 saturated carbocycles. The fraction of sp³-hybridized carbons (Fsp3) is 1.00. The van der Waals surface area contributed by atoms with Gasteiger partial charge in [0.25, 0.3) is 0 Å². The highest BCUT2D eigenvalue weighted by Crippen LogP contribution is 2.32. The van der Waals surface area contributed by atoms with E-state index in [0.717, 1.165) is 0 Å². The Kier molecular flexibility index (Phi) is 9.54. The highest BCUT2D eigenvalue weighted by atomic mass is 16.8. The molecule has 0 aromatic heterocycles. The molecule has 6 unspecified atom stereocenters. The van der Waals surface area contributed by atoms with Crippen LogP contribution in [-0.4, -0.2) is 168 Å². The van der Waals surface area contributed by atoms with Crippen LogP contribution < -0.4 is 0 Å². The molecule has 0 radical (unpaired) electrons. The summed E-state index contributed by atoms with van der Waals surface area (Å²) in [5, 5.41) is 109. The van der Waals surface area contributed by atoms with Crippen molar-refractivity contribution in [2.75, 3.05) is 19.8 Å². The Bertz CT molecular complexity index is 635. The fourth-order valence-corrected chi connectivity index (χ4v) is 4.06. The quantitative estimate of drug-likeness (QED) is 0.154. The summed E-state index contributed by atoms with van der Waals surface area (Å²) in [4.78, 5) is 0. The van der Waals surface area contributed by atoms with E-state index in [2.05, 4.69) is 0 Å². The molecule has 0 aromatic carbocycles. The van der Waals surface area contributed by atoms with Gasteiger partial charge < -0.3 is 79.9 Å². The number of ether oxygens (including phenoxy) is 5. The third kappa shape index (κ3) is 5.37. The van der Waals surface area contributed by atoms with Gasteiger partial charge in [-0.1, -0.05) is 0 Å². The molecule has 15 atom stereocenters. The normalized spacial score (nSPS) is 52.5. The van der Waals surface area contributed by atoms with E-state index in [1.165, 1.54) is 0 Å².